The fraction of sp³-hybridized carbons (Fsp3) is 0.933. The third-order valence-electron chi connectivity index (χ3n) is 2.99. The van der Waals surface area contributed by atoms with Gasteiger partial charge in [-0.15, -0.1) is 0 Å². The van der Waals surface area contributed by atoms with Gasteiger partial charge in [-0.3, -0.25) is 0 Å². The molecular weight excluding hydrogens is 268 g/mol. The Morgan fingerprint density at radius 1 is 1.05 bits per heavy atom. The Labute approximate surface area is 130 Å². The second-order valence-corrected chi connectivity index (χ2v) is 6.53. The number of hydrogen-bond acceptors (Lipinski definition) is 5. The Morgan fingerprint density at radius 3 is 2.05 bits per heavy atom. The summed E-state index contributed by atoms with van der Waals surface area (Å²) in [7, 11) is 4.22. The molecule has 3 N–H and O–H groups in total. The summed E-state index contributed by atoms with van der Waals surface area (Å²) in [6.45, 7) is 11.0. The normalized spacial score (nSPS) is 12.0. The van der Waals surface area contributed by atoms with Crippen molar-refractivity contribution in [2.75, 3.05) is 53.4 Å². The molecule has 21 heavy (non-hydrogen) atoms. The number of likely N-dealkylation sites (N-methyl/N-ethyl adjacent to an activating group) is 2. The highest BCUT2D eigenvalue weighted by Gasteiger charge is 2.15. The van der Waals surface area contributed by atoms with Crippen LogP contribution in [0.15, 0.2) is 0 Å². The summed E-state index contributed by atoms with van der Waals surface area (Å²) >= 11 is 0. The van der Waals surface area contributed by atoms with Crippen LogP contribution in [0.1, 0.15) is 33.6 Å². The van der Waals surface area contributed by atoms with E-state index < -0.39 is 5.60 Å². The lowest BCUT2D eigenvalue weighted by molar-refractivity contribution is 0.0526. The third kappa shape index (κ3) is 13.9. The molecule has 1 amide bonds. The zero-order chi connectivity index (χ0) is 16.3. The first-order valence-electron chi connectivity index (χ1n) is 7.78. The molecule has 0 saturated carbocycles. The molecule has 0 aromatic carbocycles. The maximum atomic E-state index is 11.5. The van der Waals surface area contributed by atoms with Crippen LogP contribution in [0.25, 0.3) is 0 Å². The molecule has 0 rings (SSSR count). The first-order chi connectivity index (χ1) is 9.74. The van der Waals surface area contributed by atoms with E-state index in [1.165, 1.54) is 0 Å². The molecule has 0 heterocycles. The van der Waals surface area contributed by atoms with Gasteiger partial charge in [0.15, 0.2) is 0 Å². The van der Waals surface area contributed by atoms with Gasteiger partial charge in [-0.25, -0.2) is 4.79 Å². The van der Waals surface area contributed by atoms with Crippen molar-refractivity contribution in [3.8, 4) is 0 Å². The van der Waals surface area contributed by atoms with E-state index in [1.54, 1.807) is 0 Å². The predicted molar refractivity (Wildman–Crippen MR) is 87.5 cm³/mol. The Kier molecular flexibility index (Phi) is 10.4. The number of amides is 1. The number of alkyl carbamates (subject to hydrolysis) is 1. The van der Waals surface area contributed by atoms with Gasteiger partial charge >= 0.3 is 6.09 Å². The van der Waals surface area contributed by atoms with E-state index in [0.717, 1.165) is 45.6 Å². The molecule has 0 aliphatic rings. The number of rotatable bonds is 10. The quantitative estimate of drug-likeness (QED) is 0.592. The largest absolute Gasteiger partial charge is 0.444 e. The van der Waals surface area contributed by atoms with Crippen molar-refractivity contribution >= 4 is 6.09 Å². The zero-order valence-corrected chi connectivity index (χ0v) is 14.4. The summed E-state index contributed by atoms with van der Waals surface area (Å²) in [5.74, 6) is 0. The second kappa shape index (κ2) is 10.8. The molecule has 0 atom stereocenters. The minimum atomic E-state index is -0.436. The first-order valence-corrected chi connectivity index (χ1v) is 7.78. The molecule has 6 nitrogen and oxygen atoms in total. The summed E-state index contributed by atoms with van der Waals surface area (Å²) in [4.78, 5) is 16.0. The average Bonchev–Trinajstić information content (AvgIpc) is 2.37. The Balaban J connectivity index is 3.57. The van der Waals surface area contributed by atoms with Gasteiger partial charge in [0.25, 0.3) is 0 Å². The summed E-state index contributed by atoms with van der Waals surface area (Å²) < 4.78 is 5.18. The Hall–Kier alpha value is -0.850. The van der Waals surface area contributed by atoms with Gasteiger partial charge in [0.1, 0.15) is 5.60 Å². The molecule has 0 aromatic rings. The molecule has 0 radical (unpaired) electrons. The van der Waals surface area contributed by atoms with Crippen molar-refractivity contribution in [2.45, 2.75) is 39.2 Å². The van der Waals surface area contributed by atoms with Gasteiger partial charge in [0.05, 0.1) is 0 Å². The van der Waals surface area contributed by atoms with Crippen molar-refractivity contribution in [2.24, 2.45) is 5.73 Å². The molecular formula is C15H34N4O2. The van der Waals surface area contributed by atoms with Crippen LogP contribution in [0.3, 0.4) is 0 Å². The number of carbonyl (C=O) groups excluding carboxylic acids is 1. The van der Waals surface area contributed by atoms with Crippen molar-refractivity contribution < 1.29 is 9.53 Å². The number of carbonyl (C=O) groups is 1. The molecule has 0 saturated heterocycles. The van der Waals surface area contributed by atoms with E-state index in [2.05, 4.69) is 29.2 Å². The van der Waals surface area contributed by atoms with Crippen molar-refractivity contribution in [1.82, 2.24) is 15.1 Å². The number of nitrogens with zero attached hydrogens (tertiary/aromatic N) is 2. The van der Waals surface area contributed by atoms with Crippen LogP contribution in [0, 0.1) is 0 Å². The van der Waals surface area contributed by atoms with Crippen LogP contribution in [-0.2, 0) is 4.74 Å². The molecule has 0 fully saturated rings. The zero-order valence-electron chi connectivity index (χ0n) is 14.4. The summed E-state index contributed by atoms with van der Waals surface area (Å²) in [5.41, 5.74) is 5.06. The molecule has 0 aliphatic heterocycles. The fourth-order valence-electron chi connectivity index (χ4n) is 1.78. The second-order valence-electron chi connectivity index (χ2n) is 6.53. The van der Waals surface area contributed by atoms with Gasteiger partial charge in [0, 0.05) is 19.6 Å². The lowest BCUT2D eigenvalue weighted by Gasteiger charge is -2.22. The van der Waals surface area contributed by atoms with Crippen molar-refractivity contribution in [1.29, 1.82) is 0 Å². The highest BCUT2D eigenvalue weighted by molar-refractivity contribution is 5.67. The molecule has 0 unspecified atom stereocenters. The molecule has 6 heteroatoms. The summed E-state index contributed by atoms with van der Waals surface area (Å²) in [6, 6.07) is 0. The van der Waals surface area contributed by atoms with Crippen LogP contribution < -0.4 is 11.1 Å². The van der Waals surface area contributed by atoms with Gasteiger partial charge in [-0.2, -0.15) is 0 Å². The molecule has 0 aromatic heterocycles. The Bertz CT molecular complexity index is 279. The number of nitrogens with one attached hydrogen (secondary N) is 1. The van der Waals surface area contributed by atoms with Gasteiger partial charge < -0.3 is 25.6 Å². The van der Waals surface area contributed by atoms with Crippen LogP contribution in [0.4, 0.5) is 4.79 Å². The maximum Gasteiger partial charge on any atom is 0.407 e. The minimum Gasteiger partial charge on any atom is -0.444 e. The third-order valence-corrected chi connectivity index (χ3v) is 2.99. The van der Waals surface area contributed by atoms with Gasteiger partial charge in [-0.1, -0.05) is 0 Å². The number of hydrogen-bond donors (Lipinski definition) is 2. The molecule has 0 bridgehead atoms. The van der Waals surface area contributed by atoms with Crippen LogP contribution >= 0.6 is 0 Å². The van der Waals surface area contributed by atoms with Crippen molar-refractivity contribution in [3.63, 3.8) is 0 Å². The lowest BCUT2D eigenvalue weighted by Crippen LogP contribution is -2.35. The molecule has 126 valence electrons. The predicted octanol–water partition coefficient (Wildman–Crippen LogP) is 1.11. The van der Waals surface area contributed by atoms with E-state index in [-0.39, 0.29) is 6.09 Å². The maximum absolute atomic E-state index is 11.5. The van der Waals surface area contributed by atoms with E-state index in [9.17, 15) is 4.79 Å². The highest BCUT2D eigenvalue weighted by Crippen LogP contribution is 2.06. The van der Waals surface area contributed by atoms with E-state index in [0.29, 0.717) is 6.54 Å². The standard InChI is InChI=1S/C15H34N4O2/c1-15(2,3)21-14(20)17-9-7-11-19(5)13-12-18(4)10-6-8-16/h6-13,16H2,1-5H3,(H,17,20). The van der Waals surface area contributed by atoms with Gasteiger partial charge in [-0.05, 0) is 67.3 Å². The molecule has 0 spiro atoms. The fourth-order valence-corrected chi connectivity index (χ4v) is 1.78. The van der Waals surface area contributed by atoms with Gasteiger partial charge in [0.2, 0.25) is 0 Å². The summed E-state index contributed by atoms with van der Waals surface area (Å²) in [5, 5.41) is 2.78. The number of nitrogens with two attached hydrogens (primary N) is 1. The monoisotopic (exact) mass is 302 g/mol. The van der Waals surface area contributed by atoms with Crippen LogP contribution in [0.2, 0.25) is 0 Å². The van der Waals surface area contributed by atoms with E-state index in [4.69, 9.17) is 10.5 Å². The first kappa shape index (κ1) is 20.1. The van der Waals surface area contributed by atoms with Crippen molar-refractivity contribution in [3.05, 3.63) is 0 Å². The molecule has 0 aliphatic carbocycles. The highest BCUT2D eigenvalue weighted by atomic mass is 16.6. The average molecular weight is 302 g/mol. The number of ether oxygens (including phenoxy) is 1. The van der Waals surface area contributed by atoms with E-state index >= 15 is 0 Å². The smallest absolute Gasteiger partial charge is 0.407 e. The van der Waals surface area contributed by atoms with E-state index in [1.807, 2.05) is 20.8 Å². The lowest BCUT2D eigenvalue weighted by atomic mass is 10.2. The topological polar surface area (TPSA) is 70.8 Å². The Morgan fingerprint density at radius 2 is 1.57 bits per heavy atom. The van der Waals surface area contributed by atoms with Crippen LogP contribution in [-0.4, -0.2) is 74.9 Å². The minimum absolute atomic E-state index is 0.341. The van der Waals surface area contributed by atoms with Crippen LogP contribution in [0.5, 0.6) is 0 Å². The summed E-state index contributed by atoms with van der Waals surface area (Å²) in [6.07, 6.45) is 1.62. The SMILES string of the molecule is CN(CCCN)CCN(C)CCCNC(=O)OC(C)(C)C.